The van der Waals surface area contributed by atoms with Crippen LogP contribution >= 0.6 is 11.6 Å². The molecule has 6 atom stereocenters. The first-order valence-electron chi connectivity index (χ1n) is 10.8. The van der Waals surface area contributed by atoms with Crippen molar-refractivity contribution in [3.63, 3.8) is 0 Å². The molecule has 0 radical (unpaired) electrons. The topological polar surface area (TPSA) is 60.4 Å². The predicted octanol–water partition coefficient (Wildman–Crippen LogP) is 4.83. The van der Waals surface area contributed by atoms with Gasteiger partial charge in [0.1, 0.15) is 6.61 Å². The third-order valence-corrected chi connectivity index (χ3v) is 9.30. The highest BCUT2D eigenvalue weighted by Crippen LogP contribution is 2.67. The maximum Gasteiger partial charge on any atom is 0.303 e. The molecule has 28 heavy (non-hydrogen) atoms. The van der Waals surface area contributed by atoms with E-state index in [1.807, 2.05) is 0 Å². The predicted molar refractivity (Wildman–Crippen MR) is 107 cm³/mol. The highest BCUT2D eigenvalue weighted by atomic mass is 35.5. The Bertz CT molecular complexity index is 756. The Hall–Kier alpha value is -1.16. The van der Waals surface area contributed by atoms with Gasteiger partial charge in [0.15, 0.2) is 11.6 Å². The van der Waals surface area contributed by atoms with E-state index < -0.39 is 0 Å². The Morgan fingerprint density at radius 3 is 2.54 bits per heavy atom. The molecule has 0 spiro atoms. The summed E-state index contributed by atoms with van der Waals surface area (Å²) >= 11 is 6.47. The van der Waals surface area contributed by atoms with Crippen LogP contribution in [0.15, 0.2) is 10.6 Å². The summed E-state index contributed by atoms with van der Waals surface area (Å²) in [5.41, 5.74) is 1.25. The van der Waals surface area contributed by atoms with E-state index in [2.05, 4.69) is 13.8 Å². The zero-order chi connectivity index (χ0) is 20.3. The van der Waals surface area contributed by atoms with Crippen LogP contribution in [-0.4, -0.2) is 24.1 Å². The van der Waals surface area contributed by atoms with Crippen LogP contribution in [0.3, 0.4) is 0 Å². The lowest BCUT2D eigenvalue weighted by molar-refractivity contribution is -0.149. The average Bonchev–Trinajstić information content (AvgIpc) is 3.00. The number of carbonyl (C=O) groups is 3. The number of ketones is 2. The first kappa shape index (κ1) is 20.1. The number of halogens is 1. The van der Waals surface area contributed by atoms with Crippen LogP contribution in [0.4, 0.5) is 0 Å². The maximum atomic E-state index is 12.8. The third-order valence-electron chi connectivity index (χ3n) is 8.86. The van der Waals surface area contributed by atoms with Gasteiger partial charge in [0.25, 0.3) is 0 Å². The molecule has 0 aromatic rings. The molecule has 154 valence electrons. The molecule has 0 N–H and O–H groups in total. The first-order chi connectivity index (χ1) is 13.2. The van der Waals surface area contributed by atoms with Crippen molar-refractivity contribution < 1.29 is 19.1 Å². The van der Waals surface area contributed by atoms with E-state index in [-0.39, 0.29) is 40.9 Å². The van der Waals surface area contributed by atoms with Crippen molar-refractivity contribution in [2.75, 3.05) is 6.61 Å². The second kappa shape index (κ2) is 6.97. The van der Waals surface area contributed by atoms with Gasteiger partial charge in [-0.05, 0) is 79.1 Å². The van der Waals surface area contributed by atoms with E-state index in [1.54, 1.807) is 0 Å². The van der Waals surface area contributed by atoms with Gasteiger partial charge in [0, 0.05) is 19.3 Å². The Morgan fingerprint density at radius 2 is 1.82 bits per heavy atom. The van der Waals surface area contributed by atoms with Gasteiger partial charge in [-0.1, -0.05) is 25.4 Å². The van der Waals surface area contributed by atoms with Crippen molar-refractivity contribution in [1.29, 1.82) is 0 Å². The third kappa shape index (κ3) is 2.89. The van der Waals surface area contributed by atoms with Crippen molar-refractivity contribution in [2.24, 2.45) is 34.5 Å². The van der Waals surface area contributed by atoms with E-state index >= 15 is 0 Å². The highest BCUT2D eigenvalue weighted by Gasteiger charge is 2.60. The number of carbonyl (C=O) groups excluding carboxylic acids is 3. The Balaban J connectivity index is 1.58. The Kier molecular flexibility index (Phi) is 5.01. The number of hydrogen-bond donors (Lipinski definition) is 0. The minimum absolute atomic E-state index is 0.000864. The monoisotopic (exact) mass is 406 g/mol. The molecule has 4 aliphatic carbocycles. The van der Waals surface area contributed by atoms with Crippen LogP contribution in [0.25, 0.3) is 0 Å². The molecule has 3 fully saturated rings. The number of Topliss-reactive ketones (excluding diaryl/α,β-unsaturated/α-hetero) is 2. The molecule has 4 rings (SSSR count). The maximum absolute atomic E-state index is 12.8. The smallest absolute Gasteiger partial charge is 0.303 e. The molecule has 3 saturated carbocycles. The van der Waals surface area contributed by atoms with Gasteiger partial charge in [-0.15, -0.1) is 0 Å². The van der Waals surface area contributed by atoms with E-state index in [4.69, 9.17) is 16.3 Å². The summed E-state index contributed by atoms with van der Waals surface area (Å²) < 4.78 is 5.01. The lowest BCUT2D eigenvalue weighted by atomic mass is 9.46. The van der Waals surface area contributed by atoms with Gasteiger partial charge in [-0.3, -0.25) is 14.4 Å². The summed E-state index contributed by atoms with van der Waals surface area (Å²) in [4.78, 5) is 36.1. The molecular formula is C23H31ClO4. The van der Waals surface area contributed by atoms with Crippen molar-refractivity contribution in [3.8, 4) is 0 Å². The molecule has 0 aromatic heterocycles. The summed E-state index contributed by atoms with van der Waals surface area (Å²) in [5.74, 6) is 1.50. The molecule has 0 heterocycles. The molecule has 4 aliphatic rings. The largest absolute Gasteiger partial charge is 0.458 e. The molecule has 0 saturated heterocycles. The van der Waals surface area contributed by atoms with Gasteiger partial charge < -0.3 is 4.74 Å². The summed E-state index contributed by atoms with van der Waals surface area (Å²) in [6.45, 7) is 5.89. The second-order valence-electron chi connectivity index (χ2n) is 9.97. The second-order valence-corrected chi connectivity index (χ2v) is 10.3. The van der Waals surface area contributed by atoms with Crippen LogP contribution in [0.1, 0.15) is 72.1 Å². The lowest BCUT2D eigenvalue weighted by Crippen LogP contribution is -2.51. The van der Waals surface area contributed by atoms with Gasteiger partial charge in [0.2, 0.25) is 0 Å². The molecule has 4 nitrogen and oxygen atoms in total. The minimum Gasteiger partial charge on any atom is -0.458 e. The van der Waals surface area contributed by atoms with Crippen LogP contribution in [-0.2, 0) is 19.1 Å². The SMILES string of the molecule is CC(=O)OCC(=O)[C@H]1CC[C@H]2[C@@H]3CCC4=C(Cl)C(=O)CC[C@]4(C)[C@H]3CC[C@]12C. The molecule has 5 heteroatoms. The summed E-state index contributed by atoms with van der Waals surface area (Å²) in [5, 5.41) is 0.515. The van der Waals surface area contributed by atoms with Gasteiger partial charge >= 0.3 is 5.97 Å². The molecule has 0 amide bonds. The summed E-state index contributed by atoms with van der Waals surface area (Å²) in [7, 11) is 0. The Morgan fingerprint density at radius 1 is 1.07 bits per heavy atom. The van der Waals surface area contributed by atoms with E-state index in [9.17, 15) is 14.4 Å². The number of ether oxygens (including phenoxy) is 1. The quantitative estimate of drug-likeness (QED) is 0.629. The van der Waals surface area contributed by atoms with E-state index in [0.29, 0.717) is 29.2 Å². The van der Waals surface area contributed by atoms with Gasteiger partial charge in [-0.2, -0.15) is 0 Å². The van der Waals surface area contributed by atoms with E-state index in [1.165, 1.54) is 12.5 Å². The van der Waals surface area contributed by atoms with Crippen LogP contribution in [0.2, 0.25) is 0 Å². The van der Waals surface area contributed by atoms with E-state index in [0.717, 1.165) is 44.9 Å². The molecule has 0 aliphatic heterocycles. The first-order valence-corrected chi connectivity index (χ1v) is 11.1. The minimum atomic E-state index is -0.389. The fourth-order valence-corrected chi connectivity index (χ4v) is 7.86. The number of hydrogen-bond acceptors (Lipinski definition) is 4. The molecular weight excluding hydrogens is 376 g/mol. The van der Waals surface area contributed by atoms with Crippen molar-refractivity contribution >= 4 is 29.1 Å². The van der Waals surface area contributed by atoms with Crippen molar-refractivity contribution in [2.45, 2.75) is 72.1 Å². The molecule has 0 unspecified atom stereocenters. The standard InChI is InChI=1S/C23H31ClO4/c1-13(25)28-12-20(27)17-7-6-15-14-4-5-18-21(24)19(26)9-11-23(18,3)16(14)8-10-22(15,17)2/h14-17H,4-12H2,1-3H3/t14-,15-,16-,17+,22-,23+/m0/s1. The van der Waals surface area contributed by atoms with Crippen LogP contribution < -0.4 is 0 Å². The number of rotatable bonds is 3. The number of fused-ring (bicyclic) bond motifs is 5. The Labute approximate surface area is 172 Å². The molecule has 0 aromatic carbocycles. The average molecular weight is 407 g/mol. The molecule has 0 bridgehead atoms. The zero-order valence-electron chi connectivity index (χ0n) is 17.2. The van der Waals surface area contributed by atoms with Gasteiger partial charge in [0.05, 0.1) is 5.03 Å². The summed E-state index contributed by atoms with van der Waals surface area (Å²) in [6.07, 6.45) is 7.57. The van der Waals surface area contributed by atoms with Crippen molar-refractivity contribution in [1.82, 2.24) is 0 Å². The fraction of sp³-hybridized carbons (Fsp3) is 0.783. The number of allylic oxidation sites excluding steroid dienone is 1. The normalized spacial score (nSPS) is 42.5. The van der Waals surface area contributed by atoms with Crippen molar-refractivity contribution in [3.05, 3.63) is 10.6 Å². The fourth-order valence-electron chi connectivity index (χ4n) is 7.45. The summed E-state index contributed by atoms with van der Waals surface area (Å²) in [6, 6.07) is 0. The highest BCUT2D eigenvalue weighted by molar-refractivity contribution is 6.43. The van der Waals surface area contributed by atoms with Gasteiger partial charge in [-0.25, -0.2) is 0 Å². The zero-order valence-corrected chi connectivity index (χ0v) is 17.9. The lowest BCUT2D eigenvalue weighted by Gasteiger charge is -2.58. The van der Waals surface area contributed by atoms with Crippen LogP contribution in [0, 0.1) is 34.5 Å². The van der Waals surface area contributed by atoms with Crippen LogP contribution in [0.5, 0.6) is 0 Å². The number of esters is 1.